The summed E-state index contributed by atoms with van der Waals surface area (Å²) in [5, 5.41) is 7.55. The normalized spacial score (nSPS) is 21.6. The van der Waals surface area contributed by atoms with Crippen LogP contribution in [0.2, 0.25) is 0 Å². The minimum atomic E-state index is -0.0440. The van der Waals surface area contributed by atoms with Crippen LogP contribution in [0.25, 0.3) is 5.69 Å². The van der Waals surface area contributed by atoms with E-state index in [0.29, 0.717) is 31.2 Å². The highest BCUT2D eigenvalue weighted by Crippen LogP contribution is 2.52. The number of hydrogen-bond donors (Lipinski definition) is 1. The Morgan fingerprint density at radius 3 is 2.57 bits per heavy atom. The van der Waals surface area contributed by atoms with Gasteiger partial charge >= 0.3 is 6.03 Å². The number of fused-ring (bicyclic) bond motifs is 1. The van der Waals surface area contributed by atoms with Crippen molar-refractivity contribution in [2.75, 3.05) is 19.6 Å². The van der Waals surface area contributed by atoms with Gasteiger partial charge in [0.05, 0.1) is 23.5 Å². The number of hydrogen-bond acceptors (Lipinski definition) is 3. The van der Waals surface area contributed by atoms with Crippen LogP contribution in [0.4, 0.5) is 4.79 Å². The lowest BCUT2D eigenvalue weighted by atomic mass is 10.00. The Balaban J connectivity index is 1.48. The fraction of sp³-hybridized carbons (Fsp3) is 0.476. The summed E-state index contributed by atoms with van der Waals surface area (Å²) in [6.45, 7) is 5.74. The molecule has 2 aromatic rings. The molecule has 1 unspecified atom stereocenters. The predicted molar refractivity (Wildman–Crippen MR) is 104 cm³/mol. The molecule has 7 nitrogen and oxygen atoms in total. The van der Waals surface area contributed by atoms with Crippen molar-refractivity contribution in [2.24, 2.45) is 5.92 Å². The lowest BCUT2D eigenvalue weighted by Crippen LogP contribution is -2.63. The van der Waals surface area contributed by atoms with E-state index in [4.69, 9.17) is 5.10 Å². The first-order valence-electron chi connectivity index (χ1n) is 10.1. The Kier molecular flexibility index (Phi) is 3.92. The molecule has 5 rings (SSSR count). The number of aryl methyl sites for hydroxylation is 1. The summed E-state index contributed by atoms with van der Waals surface area (Å²) in [6, 6.07) is 9.99. The minimum Gasteiger partial charge on any atom is -0.338 e. The van der Waals surface area contributed by atoms with Gasteiger partial charge in [-0.3, -0.25) is 4.79 Å². The molecule has 1 N–H and O–H groups in total. The lowest BCUT2D eigenvalue weighted by molar-refractivity contribution is 0.0243. The third-order valence-electron chi connectivity index (χ3n) is 6.08. The maximum atomic E-state index is 13.5. The van der Waals surface area contributed by atoms with Crippen LogP contribution in [-0.4, -0.2) is 57.2 Å². The molecule has 28 heavy (non-hydrogen) atoms. The number of nitrogens with one attached hydrogen (secondary N) is 1. The van der Waals surface area contributed by atoms with E-state index in [1.165, 1.54) is 0 Å². The number of carbonyl (C=O) groups excluding carboxylic acids is 2. The van der Waals surface area contributed by atoms with Gasteiger partial charge in [-0.15, -0.1) is 0 Å². The van der Waals surface area contributed by atoms with Gasteiger partial charge in [-0.05, 0) is 44.7 Å². The molecule has 2 aliphatic heterocycles. The van der Waals surface area contributed by atoms with E-state index < -0.39 is 0 Å². The van der Waals surface area contributed by atoms with E-state index in [2.05, 4.69) is 5.32 Å². The van der Waals surface area contributed by atoms with Crippen LogP contribution in [0.15, 0.2) is 30.3 Å². The van der Waals surface area contributed by atoms with E-state index in [9.17, 15) is 9.59 Å². The van der Waals surface area contributed by atoms with Gasteiger partial charge in [-0.1, -0.05) is 18.2 Å². The quantitative estimate of drug-likeness (QED) is 0.887. The Morgan fingerprint density at radius 2 is 1.93 bits per heavy atom. The molecule has 3 amide bonds. The molecule has 1 aliphatic carbocycles. The Morgan fingerprint density at radius 1 is 1.21 bits per heavy atom. The highest BCUT2D eigenvalue weighted by molar-refractivity contribution is 5.99. The zero-order chi connectivity index (χ0) is 19.4. The summed E-state index contributed by atoms with van der Waals surface area (Å²) in [5.41, 5.74) is 3.64. The highest BCUT2D eigenvalue weighted by atomic mass is 16.2. The smallest absolute Gasteiger partial charge is 0.317 e. The number of nitrogens with zero attached hydrogens (tertiary/aromatic N) is 4. The summed E-state index contributed by atoms with van der Waals surface area (Å²) >= 11 is 0. The van der Waals surface area contributed by atoms with Gasteiger partial charge in [0.1, 0.15) is 5.69 Å². The van der Waals surface area contributed by atoms with Crippen LogP contribution in [0.5, 0.6) is 0 Å². The maximum Gasteiger partial charge on any atom is 0.317 e. The molecular formula is C21H25N5O2. The predicted octanol–water partition coefficient (Wildman–Crippen LogP) is 2.50. The average molecular weight is 379 g/mol. The molecule has 7 heteroatoms. The summed E-state index contributed by atoms with van der Waals surface area (Å²) in [5.74, 6) is 0.563. The number of rotatable bonds is 4. The van der Waals surface area contributed by atoms with Crippen molar-refractivity contribution in [3.63, 3.8) is 0 Å². The van der Waals surface area contributed by atoms with E-state index in [0.717, 1.165) is 29.8 Å². The molecule has 3 heterocycles. The number of para-hydroxylation sites is 1. The van der Waals surface area contributed by atoms with Crippen LogP contribution in [0.1, 0.15) is 47.6 Å². The van der Waals surface area contributed by atoms with Crippen molar-refractivity contribution in [3.05, 3.63) is 47.3 Å². The monoisotopic (exact) mass is 379 g/mol. The molecule has 2 fully saturated rings. The van der Waals surface area contributed by atoms with Gasteiger partial charge < -0.3 is 15.1 Å². The second-order valence-corrected chi connectivity index (χ2v) is 7.98. The zero-order valence-electron chi connectivity index (χ0n) is 16.3. The van der Waals surface area contributed by atoms with Crippen LogP contribution >= 0.6 is 0 Å². The van der Waals surface area contributed by atoms with Gasteiger partial charge in [-0.25, -0.2) is 9.48 Å². The molecule has 1 atom stereocenters. The number of likely N-dealkylation sites (tertiary alicyclic amines) is 1. The SMILES string of the molecule is CCNC(=O)N1CC(N2C(=O)c3c(c(C)nn3-c3ccccc3)C2C2CC2)C1. The van der Waals surface area contributed by atoms with E-state index >= 15 is 0 Å². The molecular weight excluding hydrogens is 354 g/mol. The molecule has 1 saturated heterocycles. The Bertz CT molecular complexity index is 928. The average Bonchev–Trinajstić information content (AvgIpc) is 3.37. The van der Waals surface area contributed by atoms with Gasteiger partial charge in [0.2, 0.25) is 0 Å². The number of aromatic nitrogens is 2. The Hall–Kier alpha value is -2.83. The van der Waals surface area contributed by atoms with Crippen molar-refractivity contribution in [1.29, 1.82) is 0 Å². The van der Waals surface area contributed by atoms with Crippen molar-refractivity contribution in [3.8, 4) is 5.69 Å². The van der Waals surface area contributed by atoms with Gasteiger partial charge in [0.25, 0.3) is 5.91 Å². The van der Waals surface area contributed by atoms with Crippen LogP contribution < -0.4 is 5.32 Å². The van der Waals surface area contributed by atoms with E-state index in [1.807, 2.05) is 53.8 Å². The number of carbonyl (C=O) groups is 2. The third kappa shape index (κ3) is 2.52. The first-order chi connectivity index (χ1) is 13.6. The molecule has 0 radical (unpaired) electrons. The molecule has 1 aromatic carbocycles. The molecule has 0 bridgehead atoms. The summed E-state index contributed by atoms with van der Waals surface area (Å²) < 4.78 is 1.81. The fourth-order valence-electron chi connectivity index (χ4n) is 4.57. The number of benzene rings is 1. The van der Waals surface area contributed by atoms with Crippen molar-refractivity contribution in [2.45, 2.75) is 38.8 Å². The summed E-state index contributed by atoms with van der Waals surface area (Å²) in [6.07, 6.45) is 2.30. The van der Waals surface area contributed by atoms with Gasteiger partial charge in [0.15, 0.2) is 0 Å². The first-order valence-corrected chi connectivity index (χ1v) is 10.1. The number of amides is 3. The summed E-state index contributed by atoms with van der Waals surface area (Å²) in [7, 11) is 0. The van der Waals surface area contributed by atoms with E-state index in [-0.39, 0.29) is 24.0 Å². The Labute approximate surface area is 164 Å². The first kappa shape index (κ1) is 17.3. The minimum absolute atomic E-state index is 0.0440. The lowest BCUT2D eigenvalue weighted by Gasteiger charge is -2.46. The van der Waals surface area contributed by atoms with Crippen molar-refractivity contribution < 1.29 is 9.59 Å². The van der Waals surface area contributed by atoms with Gasteiger partial charge in [-0.2, -0.15) is 5.10 Å². The van der Waals surface area contributed by atoms with Crippen molar-refractivity contribution >= 4 is 11.9 Å². The topological polar surface area (TPSA) is 70.5 Å². The van der Waals surface area contributed by atoms with Crippen LogP contribution in [-0.2, 0) is 0 Å². The second-order valence-electron chi connectivity index (χ2n) is 7.98. The molecule has 3 aliphatic rings. The third-order valence-corrected chi connectivity index (χ3v) is 6.08. The second kappa shape index (κ2) is 6.36. The standard InChI is InChI=1S/C21H25N5O2/c1-3-22-21(28)24-11-16(12-24)25-18(14-9-10-14)17-13(2)23-26(19(17)20(25)27)15-7-5-4-6-8-15/h4-8,14,16,18H,3,9-12H2,1-2H3,(H,22,28). The summed E-state index contributed by atoms with van der Waals surface area (Å²) in [4.78, 5) is 29.4. The molecule has 0 spiro atoms. The maximum absolute atomic E-state index is 13.5. The van der Waals surface area contributed by atoms with Crippen molar-refractivity contribution in [1.82, 2.24) is 24.9 Å². The van der Waals surface area contributed by atoms with E-state index in [1.54, 1.807) is 4.90 Å². The molecule has 1 saturated carbocycles. The van der Waals surface area contributed by atoms with Gasteiger partial charge in [0, 0.05) is 25.2 Å². The largest absolute Gasteiger partial charge is 0.338 e. The van der Waals surface area contributed by atoms with Crippen LogP contribution in [0, 0.1) is 12.8 Å². The highest BCUT2D eigenvalue weighted by Gasteiger charge is 2.53. The molecule has 146 valence electrons. The van der Waals surface area contributed by atoms with Crippen LogP contribution in [0.3, 0.4) is 0 Å². The number of urea groups is 1. The molecule has 1 aromatic heterocycles. The zero-order valence-corrected chi connectivity index (χ0v) is 16.3. The fourth-order valence-corrected chi connectivity index (χ4v) is 4.57.